The van der Waals surface area contributed by atoms with Gasteiger partial charge >= 0.3 is 0 Å². The number of amides is 1. The Bertz CT molecular complexity index is 677. The second kappa shape index (κ2) is 7.11. The van der Waals surface area contributed by atoms with Crippen molar-refractivity contribution in [1.82, 2.24) is 15.2 Å². The Hall–Kier alpha value is -1.91. The van der Waals surface area contributed by atoms with Gasteiger partial charge in [-0.3, -0.25) is 9.78 Å². The monoisotopic (exact) mass is 329 g/mol. The maximum Gasteiger partial charge on any atom is 0.230 e. The normalized spacial score (nSPS) is 19.4. The van der Waals surface area contributed by atoms with Crippen LogP contribution in [0.3, 0.4) is 0 Å². The molecule has 1 N–H and O–H groups in total. The topological polar surface area (TPSA) is 45.2 Å². The number of pyridine rings is 1. The fraction of sp³-hybridized carbons (Fsp3) is 0.333. The molecule has 23 heavy (non-hydrogen) atoms. The minimum Gasteiger partial charge on any atom is -0.333 e. The average Bonchev–Trinajstić information content (AvgIpc) is 2.61. The molecule has 0 spiro atoms. The van der Waals surface area contributed by atoms with Crippen molar-refractivity contribution in [3.63, 3.8) is 0 Å². The molecule has 0 saturated carbocycles. The van der Waals surface area contributed by atoms with Gasteiger partial charge in [0.1, 0.15) is 0 Å². The SMILES string of the molecule is CC(C(=O)N1CCNCC1c1cccc(Cl)c1)c1cccnc1. The molecule has 0 radical (unpaired) electrons. The van der Waals surface area contributed by atoms with Crippen LogP contribution < -0.4 is 5.32 Å². The Morgan fingerprint density at radius 3 is 3.00 bits per heavy atom. The molecule has 2 atom stereocenters. The Morgan fingerprint density at radius 1 is 1.39 bits per heavy atom. The van der Waals surface area contributed by atoms with Crippen LogP contribution in [-0.2, 0) is 4.79 Å². The van der Waals surface area contributed by atoms with Crippen molar-refractivity contribution in [3.8, 4) is 0 Å². The van der Waals surface area contributed by atoms with E-state index in [2.05, 4.69) is 10.3 Å². The van der Waals surface area contributed by atoms with Gasteiger partial charge in [0.25, 0.3) is 0 Å². The van der Waals surface area contributed by atoms with Crippen LogP contribution in [-0.4, -0.2) is 35.4 Å². The number of nitrogens with zero attached hydrogens (tertiary/aromatic N) is 2. The van der Waals surface area contributed by atoms with Crippen molar-refractivity contribution in [3.05, 3.63) is 64.9 Å². The first-order chi connectivity index (χ1) is 11.2. The fourth-order valence-electron chi connectivity index (χ4n) is 3.00. The molecule has 2 unspecified atom stereocenters. The third kappa shape index (κ3) is 3.54. The highest BCUT2D eigenvalue weighted by atomic mass is 35.5. The molecule has 2 aromatic rings. The van der Waals surface area contributed by atoms with Gasteiger partial charge in [0.05, 0.1) is 12.0 Å². The first-order valence-electron chi connectivity index (χ1n) is 7.83. The van der Waals surface area contributed by atoms with Gasteiger partial charge in [0.15, 0.2) is 0 Å². The van der Waals surface area contributed by atoms with E-state index in [4.69, 9.17) is 11.6 Å². The minimum atomic E-state index is -0.205. The third-order valence-electron chi connectivity index (χ3n) is 4.31. The number of aromatic nitrogens is 1. The highest BCUT2D eigenvalue weighted by Crippen LogP contribution is 2.28. The molecule has 1 amide bonds. The number of piperazine rings is 1. The summed E-state index contributed by atoms with van der Waals surface area (Å²) in [5, 5.41) is 4.06. The standard InChI is InChI=1S/C18H20ClN3O/c1-13(15-5-3-7-20-11-15)18(23)22-9-8-21-12-17(22)14-4-2-6-16(19)10-14/h2-7,10-11,13,17,21H,8-9,12H2,1H3. The van der Waals surface area contributed by atoms with Crippen molar-refractivity contribution >= 4 is 17.5 Å². The second-order valence-corrected chi connectivity index (χ2v) is 6.25. The predicted molar refractivity (Wildman–Crippen MR) is 91.4 cm³/mol. The number of hydrogen-bond acceptors (Lipinski definition) is 3. The molecule has 1 aliphatic rings. The van der Waals surface area contributed by atoms with Gasteiger partial charge in [-0.15, -0.1) is 0 Å². The third-order valence-corrected chi connectivity index (χ3v) is 4.55. The van der Waals surface area contributed by atoms with E-state index in [1.807, 2.05) is 48.2 Å². The number of carbonyl (C=O) groups excluding carboxylic acids is 1. The van der Waals surface area contributed by atoms with E-state index in [0.717, 1.165) is 24.2 Å². The molecule has 120 valence electrons. The Morgan fingerprint density at radius 2 is 2.26 bits per heavy atom. The summed E-state index contributed by atoms with van der Waals surface area (Å²) in [6.07, 6.45) is 3.49. The first kappa shape index (κ1) is 16.0. The van der Waals surface area contributed by atoms with E-state index >= 15 is 0 Å². The smallest absolute Gasteiger partial charge is 0.230 e. The molecule has 2 heterocycles. The highest BCUT2D eigenvalue weighted by molar-refractivity contribution is 6.30. The van der Waals surface area contributed by atoms with Gasteiger partial charge in [-0.1, -0.05) is 29.8 Å². The van der Waals surface area contributed by atoms with Crippen molar-refractivity contribution in [2.45, 2.75) is 18.9 Å². The van der Waals surface area contributed by atoms with Crippen LogP contribution in [0.2, 0.25) is 5.02 Å². The van der Waals surface area contributed by atoms with E-state index in [9.17, 15) is 4.79 Å². The summed E-state index contributed by atoms with van der Waals surface area (Å²) in [5.74, 6) is -0.0760. The number of nitrogens with one attached hydrogen (secondary N) is 1. The van der Waals surface area contributed by atoms with Crippen LogP contribution in [0.1, 0.15) is 30.0 Å². The lowest BCUT2D eigenvalue weighted by molar-refractivity contribution is -0.135. The number of carbonyl (C=O) groups is 1. The lowest BCUT2D eigenvalue weighted by Gasteiger charge is -2.38. The van der Waals surface area contributed by atoms with Gasteiger partial charge in [0.2, 0.25) is 5.91 Å². The maximum absolute atomic E-state index is 13.0. The molecule has 1 aromatic carbocycles. The van der Waals surface area contributed by atoms with E-state index in [-0.39, 0.29) is 17.9 Å². The van der Waals surface area contributed by atoms with E-state index < -0.39 is 0 Å². The largest absolute Gasteiger partial charge is 0.333 e. The molecule has 1 saturated heterocycles. The Labute approximate surface area is 141 Å². The zero-order valence-corrected chi connectivity index (χ0v) is 13.8. The molecule has 4 nitrogen and oxygen atoms in total. The molecule has 0 aliphatic carbocycles. The zero-order chi connectivity index (χ0) is 16.2. The van der Waals surface area contributed by atoms with Crippen molar-refractivity contribution in [2.24, 2.45) is 0 Å². The summed E-state index contributed by atoms with van der Waals surface area (Å²) in [4.78, 5) is 19.1. The summed E-state index contributed by atoms with van der Waals surface area (Å²) in [6.45, 7) is 4.19. The molecule has 0 bridgehead atoms. The lowest BCUT2D eigenvalue weighted by atomic mass is 9.97. The number of hydrogen-bond donors (Lipinski definition) is 1. The summed E-state index contributed by atoms with van der Waals surface area (Å²) in [5.41, 5.74) is 2.01. The Balaban J connectivity index is 1.85. The average molecular weight is 330 g/mol. The van der Waals surface area contributed by atoms with Crippen LogP contribution in [0.25, 0.3) is 0 Å². The molecule has 1 aromatic heterocycles. The van der Waals surface area contributed by atoms with Crippen molar-refractivity contribution in [2.75, 3.05) is 19.6 Å². The molecular formula is C18H20ClN3O. The van der Waals surface area contributed by atoms with E-state index in [0.29, 0.717) is 11.6 Å². The van der Waals surface area contributed by atoms with Gasteiger partial charge in [-0.05, 0) is 36.2 Å². The summed E-state index contributed by atoms with van der Waals surface area (Å²) >= 11 is 6.12. The van der Waals surface area contributed by atoms with Crippen LogP contribution in [0.5, 0.6) is 0 Å². The summed E-state index contributed by atoms with van der Waals surface area (Å²) in [6, 6.07) is 11.6. The maximum atomic E-state index is 13.0. The molecule has 1 aliphatic heterocycles. The number of benzene rings is 1. The molecular weight excluding hydrogens is 310 g/mol. The fourth-order valence-corrected chi connectivity index (χ4v) is 3.20. The molecule has 3 rings (SSSR count). The number of halogens is 1. The van der Waals surface area contributed by atoms with Gasteiger partial charge in [-0.25, -0.2) is 0 Å². The highest BCUT2D eigenvalue weighted by Gasteiger charge is 2.31. The van der Waals surface area contributed by atoms with Gasteiger partial charge in [0, 0.05) is 37.1 Å². The summed E-state index contributed by atoms with van der Waals surface area (Å²) < 4.78 is 0. The zero-order valence-electron chi connectivity index (χ0n) is 13.1. The van der Waals surface area contributed by atoms with Crippen LogP contribution in [0, 0.1) is 0 Å². The molecule has 5 heteroatoms. The van der Waals surface area contributed by atoms with Crippen molar-refractivity contribution in [1.29, 1.82) is 0 Å². The predicted octanol–water partition coefficient (Wildman–Crippen LogP) is 3.01. The van der Waals surface area contributed by atoms with E-state index in [1.54, 1.807) is 12.4 Å². The van der Waals surface area contributed by atoms with Gasteiger partial charge in [-0.2, -0.15) is 0 Å². The molecule has 1 fully saturated rings. The quantitative estimate of drug-likeness (QED) is 0.941. The Kier molecular flexibility index (Phi) is 4.94. The number of rotatable bonds is 3. The van der Waals surface area contributed by atoms with Gasteiger partial charge < -0.3 is 10.2 Å². The van der Waals surface area contributed by atoms with Crippen molar-refractivity contribution < 1.29 is 4.79 Å². The second-order valence-electron chi connectivity index (χ2n) is 5.81. The lowest BCUT2D eigenvalue weighted by Crippen LogP contribution is -2.49. The van der Waals surface area contributed by atoms with Crippen LogP contribution in [0.15, 0.2) is 48.8 Å². The van der Waals surface area contributed by atoms with E-state index in [1.165, 1.54) is 0 Å². The van der Waals surface area contributed by atoms with Crippen LogP contribution in [0.4, 0.5) is 0 Å². The minimum absolute atomic E-state index is 0.00840. The van der Waals surface area contributed by atoms with Crippen LogP contribution >= 0.6 is 11.6 Å². The summed E-state index contributed by atoms with van der Waals surface area (Å²) in [7, 11) is 0. The first-order valence-corrected chi connectivity index (χ1v) is 8.21.